The molecule has 0 saturated heterocycles. The molecular formula is C12H9F2NO. The third-order valence-electron chi connectivity index (χ3n) is 1.95. The molecule has 1 heterocycles. The smallest absolute Gasteiger partial charge is 0.145 e. The van der Waals surface area contributed by atoms with E-state index in [1.54, 1.807) is 19.1 Å². The van der Waals surface area contributed by atoms with E-state index in [0.29, 0.717) is 5.76 Å². The second-order valence-corrected chi connectivity index (χ2v) is 3.33. The predicted molar refractivity (Wildman–Crippen MR) is 57.1 cm³/mol. The highest BCUT2D eigenvalue weighted by Crippen LogP contribution is 2.16. The second-order valence-electron chi connectivity index (χ2n) is 3.33. The van der Waals surface area contributed by atoms with Gasteiger partial charge in [0.2, 0.25) is 0 Å². The van der Waals surface area contributed by atoms with Crippen LogP contribution in [0.4, 0.5) is 14.5 Å². The van der Waals surface area contributed by atoms with Gasteiger partial charge in [-0.15, -0.1) is 0 Å². The third kappa shape index (κ3) is 2.53. The van der Waals surface area contributed by atoms with Gasteiger partial charge in [-0.3, -0.25) is 4.99 Å². The molecule has 1 aromatic carbocycles. The van der Waals surface area contributed by atoms with Gasteiger partial charge < -0.3 is 4.42 Å². The largest absolute Gasteiger partial charge is 0.460 e. The fraction of sp³-hybridized carbons (Fsp3) is 0.0833. The standard InChI is InChI=1S/C12H9F2NO/c1-8-2-3-12(16-8)7-15-11-5-9(13)4-10(14)6-11/h2-7H,1H3/b15-7+. The number of furan rings is 1. The molecule has 0 N–H and O–H groups in total. The molecule has 4 heteroatoms. The Balaban J connectivity index is 2.23. The molecule has 0 aliphatic rings. The minimum atomic E-state index is -0.650. The molecule has 0 aliphatic heterocycles. The number of halogens is 2. The Hall–Kier alpha value is -1.97. The topological polar surface area (TPSA) is 25.5 Å². The molecule has 16 heavy (non-hydrogen) atoms. The quantitative estimate of drug-likeness (QED) is 0.711. The number of aryl methyl sites for hydroxylation is 1. The van der Waals surface area contributed by atoms with Crippen molar-refractivity contribution in [2.24, 2.45) is 4.99 Å². The lowest BCUT2D eigenvalue weighted by atomic mass is 10.3. The molecule has 0 bridgehead atoms. The lowest BCUT2D eigenvalue weighted by molar-refractivity contribution is 0.528. The molecule has 0 atom stereocenters. The number of nitrogens with zero attached hydrogens (tertiary/aromatic N) is 1. The van der Waals surface area contributed by atoms with E-state index in [1.807, 2.05) is 0 Å². The second kappa shape index (κ2) is 4.26. The Bertz CT molecular complexity index is 511. The van der Waals surface area contributed by atoms with E-state index >= 15 is 0 Å². The van der Waals surface area contributed by atoms with Crippen molar-refractivity contribution in [3.8, 4) is 0 Å². The normalized spacial score (nSPS) is 11.2. The molecule has 0 saturated carbocycles. The highest BCUT2D eigenvalue weighted by Gasteiger charge is 1.99. The van der Waals surface area contributed by atoms with Crippen LogP contribution in [0.3, 0.4) is 0 Å². The van der Waals surface area contributed by atoms with Gasteiger partial charge in [0.25, 0.3) is 0 Å². The van der Waals surface area contributed by atoms with Crippen LogP contribution in [0.15, 0.2) is 39.7 Å². The Labute approximate surface area is 91.2 Å². The Morgan fingerprint density at radius 3 is 2.38 bits per heavy atom. The van der Waals surface area contributed by atoms with Crippen LogP contribution in [-0.4, -0.2) is 6.21 Å². The molecule has 2 nitrogen and oxygen atoms in total. The maximum atomic E-state index is 12.8. The summed E-state index contributed by atoms with van der Waals surface area (Å²) < 4.78 is 30.9. The van der Waals surface area contributed by atoms with Gasteiger partial charge in [0.1, 0.15) is 23.2 Å². The predicted octanol–water partition coefficient (Wildman–Crippen LogP) is 3.62. The number of rotatable bonds is 2. The minimum Gasteiger partial charge on any atom is -0.460 e. The van der Waals surface area contributed by atoms with Crippen molar-refractivity contribution >= 4 is 11.9 Å². The van der Waals surface area contributed by atoms with Crippen molar-refractivity contribution in [2.75, 3.05) is 0 Å². The number of hydrogen-bond donors (Lipinski definition) is 0. The fourth-order valence-electron chi connectivity index (χ4n) is 1.27. The van der Waals surface area contributed by atoms with Crippen LogP contribution in [-0.2, 0) is 0 Å². The van der Waals surface area contributed by atoms with E-state index in [-0.39, 0.29) is 5.69 Å². The van der Waals surface area contributed by atoms with E-state index in [4.69, 9.17) is 4.42 Å². The van der Waals surface area contributed by atoms with Gasteiger partial charge in [0, 0.05) is 6.07 Å². The van der Waals surface area contributed by atoms with Crippen LogP contribution in [0.5, 0.6) is 0 Å². The number of benzene rings is 1. The van der Waals surface area contributed by atoms with Crippen LogP contribution < -0.4 is 0 Å². The first-order chi connectivity index (χ1) is 7.63. The van der Waals surface area contributed by atoms with Gasteiger partial charge in [0.15, 0.2) is 0 Å². The molecule has 2 rings (SSSR count). The van der Waals surface area contributed by atoms with Crippen molar-refractivity contribution in [1.29, 1.82) is 0 Å². The van der Waals surface area contributed by atoms with Crippen molar-refractivity contribution in [3.63, 3.8) is 0 Å². The lowest BCUT2D eigenvalue weighted by Crippen LogP contribution is -1.79. The number of hydrogen-bond acceptors (Lipinski definition) is 2. The molecule has 0 radical (unpaired) electrons. The zero-order valence-corrected chi connectivity index (χ0v) is 8.58. The zero-order valence-electron chi connectivity index (χ0n) is 8.58. The average Bonchev–Trinajstić information content (AvgIpc) is 2.60. The van der Waals surface area contributed by atoms with Crippen LogP contribution >= 0.6 is 0 Å². The van der Waals surface area contributed by atoms with E-state index in [1.165, 1.54) is 6.21 Å². The number of aliphatic imine (C=N–C) groups is 1. The van der Waals surface area contributed by atoms with Crippen LogP contribution in [0.2, 0.25) is 0 Å². The summed E-state index contributed by atoms with van der Waals surface area (Å²) in [6, 6.07) is 6.61. The molecule has 1 aromatic heterocycles. The van der Waals surface area contributed by atoms with Gasteiger partial charge in [-0.1, -0.05) is 0 Å². The summed E-state index contributed by atoms with van der Waals surface area (Å²) in [5.41, 5.74) is 0.214. The van der Waals surface area contributed by atoms with Crippen molar-refractivity contribution in [3.05, 3.63) is 53.5 Å². The molecule has 0 spiro atoms. The van der Waals surface area contributed by atoms with Crippen LogP contribution in [0, 0.1) is 18.6 Å². The fourth-order valence-corrected chi connectivity index (χ4v) is 1.27. The summed E-state index contributed by atoms with van der Waals surface area (Å²) in [7, 11) is 0. The highest BCUT2D eigenvalue weighted by atomic mass is 19.1. The molecule has 0 unspecified atom stereocenters. The molecule has 0 amide bonds. The molecule has 2 aromatic rings. The van der Waals surface area contributed by atoms with E-state index < -0.39 is 11.6 Å². The summed E-state index contributed by atoms with van der Waals surface area (Å²) in [4.78, 5) is 3.91. The first kappa shape index (κ1) is 10.5. The molecule has 82 valence electrons. The van der Waals surface area contributed by atoms with Crippen molar-refractivity contribution < 1.29 is 13.2 Å². The van der Waals surface area contributed by atoms with E-state index in [9.17, 15) is 8.78 Å². The highest BCUT2D eigenvalue weighted by molar-refractivity contribution is 5.78. The third-order valence-corrected chi connectivity index (χ3v) is 1.95. The summed E-state index contributed by atoms with van der Waals surface area (Å²) in [6.45, 7) is 1.80. The van der Waals surface area contributed by atoms with E-state index in [0.717, 1.165) is 24.0 Å². The molecule has 0 aliphatic carbocycles. The lowest BCUT2D eigenvalue weighted by Gasteiger charge is -1.94. The first-order valence-electron chi connectivity index (χ1n) is 4.70. The Morgan fingerprint density at radius 2 is 1.81 bits per heavy atom. The van der Waals surface area contributed by atoms with Gasteiger partial charge in [-0.05, 0) is 31.2 Å². The van der Waals surface area contributed by atoms with Crippen LogP contribution in [0.1, 0.15) is 11.5 Å². The Morgan fingerprint density at radius 1 is 1.12 bits per heavy atom. The van der Waals surface area contributed by atoms with Crippen molar-refractivity contribution in [2.45, 2.75) is 6.92 Å². The molecular weight excluding hydrogens is 212 g/mol. The van der Waals surface area contributed by atoms with E-state index in [2.05, 4.69) is 4.99 Å². The van der Waals surface area contributed by atoms with Crippen molar-refractivity contribution in [1.82, 2.24) is 0 Å². The summed E-state index contributed by atoms with van der Waals surface area (Å²) >= 11 is 0. The summed E-state index contributed by atoms with van der Waals surface area (Å²) in [6.07, 6.45) is 1.42. The summed E-state index contributed by atoms with van der Waals surface area (Å²) in [5.74, 6) is -0.000377. The van der Waals surface area contributed by atoms with Gasteiger partial charge >= 0.3 is 0 Å². The zero-order chi connectivity index (χ0) is 11.5. The maximum absolute atomic E-state index is 12.8. The van der Waals surface area contributed by atoms with Gasteiger partial charge in [-0.25, -0.2) is 8.78 Å². The van der Waals surface area contributed by atoms with Gasteiger partial charge in [-0.2, -0.15) is 0 Å². The Kier molecular flexibility index (Phi) is 2.81. The van der Waals surface area contributed by atoms with Crippen LogP contribution in [0.25, 0.3) is 0 Å². The minimum absolute atomic E-state index is 0.214. The average molecular weight is 221 g/mol. The SMILES string of the molecule is Cc1ccc(/C=N/c2cc(F)cc(F)c2)o1. The summed E-state index contributed by atoms with van der Waals surface area (Å²) in [5, 5.41) is 0. The first-order valence-corrected chi connectivity index (χ1v) is 4.70. The maximum Gasteiger partial charge on any atom is 0.145 e. The monoisotopic (exact) mass is 221 g/mol. The van der Waals surface area contributed by atoms with Gasteiger partial charge in [0.05, 0.1) is 11.9 Å². The molecule has 0 fully saturated rings.